The number of aliphatic hydroxyl groups excluding tert-OH is 1. The molecule has 4 aromatic rings. The Hall–Kier alpha value is -3.65. The van der Waals surface area contributed by atoms with E-state index < -0.39 is 0 Å². The van der Waals surface area contributed by atoms with Gasteiger partial charge >= 0.3 is 0 Å². The van der Waals surface area contributed by atoms with Gasteiger partial charge in [-0.05, 0) is 61.7 Å². The summed E-state index contributed by atoms with van der Waals surface area (Å²) in [4.78, 5) is 10.9. The first-order chi connectivity index (χ1) is 15.9. The van der Waals surface area contributed by atoms with Crippen molar-refractivity contribution in [1.82, 2.24) is 24.7 Å². The normalized spacial score (nSPS) is 12.1. The van der Waals surface area contributed by atoms with E-state index in [1.54, 1.807) is 18.5 Å². The first-order valence-corrected chi connectivity index (χ1v) is 10.9. The van der Waals surface area contributed by atoms with Crippen LogP contribution in [0.1, 0.15) is 41.9 Å². The molecule has 0 saturated heterocycles. The van der Waals surface area contributed by atoms with Crippen LogP contribution in [0.4, 0.5) is 10.2 Å². The van der Waals surface area contributed by atoms with Crippen LogP contribution in [-0.2, 0) is 6.61 Å². The van der Waals surface area contributed by atoms with Crippen molar-refractivity contribution in [2.75, 3.05) is 11.9 Å². The summed E-state index contributed by atoms with van der Waals surface area (Å²) in [6, 6.07) is 12.3. The third-order valence-corrected chi connectivity index (χ3v) is 5.75. The molecule has 170 valence electrons. The second kappa shape index (κ2) is 9.46. The quantitative estimate of drug-likeness (QED) is 0.448. The van der Waals surface area contributed by atoms with Crippen LogP contribution in [0.15, 0.2) is 55.0 Å². The smallest absolute Gasteiger partial charge is 0.154 e. The molecule has 3 heterocycles. The zero-order chi connectivity index (χ0) is 23.5. The van der Waals surface area contributed by atoms with Crippen molar-refractivity contribution in [3.05, 3.63) is 83.3 Å². The lowest BCUT2D eigenvalue weighted by atomic mass is 10.0. The lowest BCUT2D eigenvalue weighted by Crippen LogP contribution is -2.25. The van der Waals surface area contributed by atoms with E-state index in [1.807, 2.05) is 49.9 Å². The summed E-state index contributed by atoms with van der Waals surface area (Å²) in [5.41, 5.74) is 5.42. The summed E-state index contributed by atoms with van der Waals surface area (Å²) in [5, 5.41) is 18.8. The summed E-state index contributed by atoms with van der Waals surface area (Å²) in [7, 11) is 1.97. The van der Waals surface area contributed by atoms with Crippen LogP contribution in [0.3, 0.4) is 0 Å². The summed E-state index contributed by atoms with van der Waals surface area (Å²) < 4.78 is 15.2. The van der Waals surface area contributed by atoms with Crippen molar-refractivity contribution in [3.8, 4) is 17.1 Å². The Kier molecular flexibility index (Phi) is 6.46. The lowest BCUT2D eigenvalue weighted by molar-refractivity contribution is 0.276. The molecule has 33 heavy (non-hydrogen) atoms. The van der Waals surface area contributed by atoms with Crippen LogP contribution in [0, 0.1) is 19.7 Å². The second-order valence-electron chi connectivity index (χ2n) is 8.07. The maximum Gasteiger partial charge on any atom is 0.154 e. The molecule has 0 amide bonds. The molecule has 0 aliphatic rings. The minimum atomic E-state index is -0.250. The number of aryl methyl sites for hydroxylation is 2. The zero-order valence-corrected chi connectivity index (χ0v) is 19.2. The van der Waals surface area contributed by atoms with Crippen LogP contribution >= 0.6 is 0 Å². The van der Waals surface area contributed by atoms with E-state index in [-0.39, 0.29) is 18.5 Å². The number of imidazole rings is 1. The summed E-state index contributed by atoms with van der Waals surface area (Å²) >= 11 is 0. The Morgan fingerprint density at radius 1 is 1.06 bits per heavy atom. The van der Waals surface area contributed by atoms with Crippen molar-refractivity contribution >= 4 is 5.82 Å². The van der Waals surface area contributed by atoms with Gasteiger partial charge in [0.25, 0.3) is 0 Å². The Labute approximate surface area is 192 Å². The van der Waals surface area contributed by atoms with E-state index >= 15 is 0 Å². The fourth-order valence-electron chi connectivity index (χ4n) is 4.06. The topological polar surface area (TPSA) is 80.0 Å². The van der Waals surface area contributed by atoms with Gasteiger partial charge in [0.1, 0.15) is 11.5 Å². The van der Waals surface area contributed by atoms with Crippen LogP contribution in [0.5, 0.6) is 0 Å². The van der Waals surface area contributed by atoms with Gasteiger partial charge in [-0.2, -0.15) is 0 Å². The standard InChI is InChI=1S/C25H27FN6O/c1-5-23(18-6-8-19(26)9-7-18)31(4)25-16(2)12-21(29-30-25)20-10-11-24(22(14-33)28-20)32-13-17(3)27-15-32/h6-13,15,23,33H,5,14H2,1-4H3/t23-/m0/s1. The van der Waals surface area contributed by atoms with E-state index in [4.69, 9.17) is 0 Å². The highest BCUT2D eigenvalue weighted by molar-refractivity contribution is 5.60. The minimum Gasteiger partial charge on any atom is -0.390 e. The van der Waals surface area contributed by atoms with Crippen LogP contribution < -0.4 is 4.90 Å². The zero-order valence-electron chi connectivity index (χ0n) is 19.2. The fourth-order valence-corrected chi connectivity index (χ4v) is 4.06. The number of rotatable bonds is 7. The summed E-state index contributed by atoms with van der Waals surface area (Å²) in [6.07, 6.45) is 4.42. The molecule has 1 N–H and O–H groups in total. The van der Waals surface area contributed by atoms with Gasteiger partial charge in [-0.25, -0.2) is 14.4 Å². The molecule has 7 nitrogen and oxygen atoms in total. The third kappa shape index (κ3) is 4.61. The summed E-state index contributed by atoms with van der Waals surface area (Å²) in [5.74, 6) is 0.503. The van der Waals surface area contributed by atoms with Crippen LogP contribution in [-0.4, -0.2) is 36.9 Å². The lowest BCUT2D eigenvalue weighted by Gasteiger charge is -2.29. The fraction of sp³-hybridized carbons (Fsp3) is 0.280. The molecule has 0 fully saturated rings. The predicted octanol–water partition coefficient (Wildman–Crippen LogP) is 4.56. The van der Waals surface area contributed by atoms with E-state index in [9.17, 15) is 9.50 Å². The predicted molar refractivity (Wildman–Crippen MR) is 126 cm³/mol. The number of hydrogen-bond donors (Lipinski definition) is 1. The monoisotopic (exact) mass is 446 g/mol. The van der Waals surface area contributed by atoms with E-state index in [0.717, 1.165) is 34.7 Å². The van der Waals surface area contributed by atoms with Crippen molar-refractivity contribution in [2.45, 2.75) is 39.8 Å². The molecule has 0 aliphatic heterocycles. The van der Waals surface area contributed by atoms with Gasteiger partial charge in [-0.15, -0.1) is 10.2 Å². The van der Waals surface area contributed by atoms with Crippen molar-refractivity contribution < 1.29 is 9.50 Å². The van der Waals surface area contributed by atoms with Crippen molar-refractivity contribution in [1.29, 1.82) is 0 Å². The first-order valence-electron chi connectivity index (χ1n) is 10.9. The van der Waals surface area contributed by atoms with Crippen molar-refractivity contribution in [3.63, 3.8) is 0 Å². The van der Waals surface area contributed by atoms with Gasteiger partial charge in [0.05, 0.1) is 41.7 Å². The van der Waals surface area contributed by atoms with Gasteiger partial charge in [0.15, 0.2) is 5.82 Å². The molecule has 0 spiro atoms. The minimum absolute atomic E-state index is 0.0430. The number of benzene rings is 1. The van der Waals surface area contributed by atoms with Gasteiger partial charge in [-0.3, -0.25) is 0 Å². The van der Waals surface area contributed by atoms with Crippen molar-refractivity contribution in [2.24, 2.45) is 0 Å². The molecule has 0 bridgehead atoms. The average Bonchev–Trinajstić information content (AvgIpc) is 3.26. The number of nitrogens with zero attached hydrogens (tertiary/aromatic N) is 6. The molecule has 0 saturated carbocycles. The number of hydrogen-bond acceptors (Lipinski definition) is 6. The van der Waals surface area contributed by atoms with E-state index in [0.29, 0.717) is 17.1 Å². The highest BCUT2D eigenvalue weighted by Crippen LogP contribution is 2.30. The number of anilines is 1. The molecule has 1 aromatic carbocycles. The highest BCUT2D eigenvalue weighted by atomic mass is 19.1. The molecule has 4 rings (SSSR count). The Balaban J connectivity index is 1.64. The molecular formula is C25H27FN6O. The second-order valence-corrected chi connectivity index (χ2v) is 8.07. The van der Waals surface area contributed by atoms with E-state index in [2.05, 4.69) is 32.0 Å². The molecule has 0 unspecified atom stereocenters. The SMILES string of the molecule is CC[C@@H](c1ccc(F)cc1)N(C)c1nnc(-c2ccc(-n3cnc(C)c3)c(CO)n2)cc1C. The Morgan fingerprint density at radius 2 is 1.82 bits per heavy atom. The maximum atomic E-state index is 13.4. The summed E-state index contributed by atoms with van der Waals surface area (Å²) in [6.45, 7) is 5.78. The van der Waals surface area contributed by atoms with Gasteiger partial charge in [0, 0.05) is 13.2 Å². The van der Waals surface area contributed by atoms with Gasteiger partial charge in [-0.1, -0.05) is 19.1 Å². The van der Waals surface area contributed by atoms with Gasteiger partial charge < -0.3 is 14.6 Å². The van der Waals surface area contributed by atoms with Crippen LogP contribution in [0.25, 0.3) is 17.1 Å². The average molecular weight is 447 g/mol. The highest BCUT2D eigenvalue weighted by Gasteiger charge is 2.20. The number of aliphatic hydroxyl groups is 1. The van der Waals surface area contributed by atoms with Gasteiger partial charge in [0.2, 0.25) is 0 Å². The third-order valence-electron chi connectivity index (χ3n) is 5.75. The molecule has 1 atom stereocenters. The number of halogens is 1. The largest absolute Gasteiger partial charge is 0.390 e. The molecular weight excluding hydrogens is 419 g/mol. The molecule has 3 aromatic heterocycles. The molecule has 8 heteroatoms. The molecule has 0 radical (unpaired) electrons. The first kappa shape index (κ1) is 22.5. The Morgan fingerprint density at radius 3 is 2.42 bits per heavy atom. The molecule has 0 aliphatic carbocycles. The maximum absolute atomic E-state index is 13.4. The van der Waals surface area contributed by atoms with E-state index in [1.165, 1.54) is 12.1 Å². The van der Waals surface area contributed by atoms with Crippen LogP contribution in [0.2, 0.25) is 0 Å². The number of aromatic nitrogens is 5. The number of pyridine rings is 1. The Bertz CT molecular complexity index is 1250.